The lowest BCUT2D eigenvalue weighted by atomic mass is 9.99. The molecule has 80 heavy (non-hydrogen) atoms. The number of hydrogen-bond acceptors (Lipinski definition) is 12. The number of H-pyrrole nitrogens is 1. The second-order valence-electron chi connectivity index (χ2n) is 19.4. The minimum atomic E-state index is -1.49. The molecule has 1 aromatic heterocycles. The molecule has 9 amide bonds. The van der Waals surface area contributed by atoms with Gasteiger partial charge in [0.05, 0.1) is 0 Å². The van der Waals surface area contributed by atoms with Gasteiger partial charge in [0, 0.05) is 62.9 Å². The first-order chi connectivity index (χ1) is 38.3. The van der Waals surface area contributed by atoms with Crippen LogP contribution in [0.2, 0.25) is 0 Å². The van der Waals surface area contributed by atoms with Crippen molar-refractivity contribution >= 4 is 76.0 Å². The first-order valence-electron chi connectivity index (χ1n) is 26.5. The number of amides is 9. The van der Waals surface area contributed by atoms with Crippen LogP contribution in [0.5, 0.6) is 0 Å². The monoisotopic (exact) mass is 1110 g/mol. The fourth-order valence-electron chi connectivity index (χ4n) is 9.00. The predicted octanol–water partition coefficient (Wildman–Crippen LogP) is -1.92. The van der Waals surface area contributed by atoms with Crippen molar-refractivity contribution in [2.75, 3.05) is 26.2 Å². The SMILES string of the molecule is CC(=O)N[C@@H](CCCNC(=N)N)C(=O)N[C@H]1CCC(=O)NCCC[C@@H](C(N)=O)NC(=O)[C@H](Cc2c[nH]c3ccccc23)NC(=O)[C@H](CCCNC(=N)N)NC(=O)[C@@H](Cc2ccc(-c3ccccc3)cc2)NC(=O)[C@H](CCN)NC1=O. The molecule has 1 aliphatic rings. The van der Waals surface area contributed by atoms with Crippen LogP contribution in [0.4, 0.5) is 0 Å². The van der Waals surface area contributed by atoms with E-state index in [0.717, 1.165) is 22.0 Å². The van der Waals surface area contributed by atoms with Crippen molar-refractivity contribution in [3.05, 3.63) is 96.2 Å². The summed E-state index contributed by atoms with van der Waals surface area (Å²) in [6, 6.07) is 14.5. The van der Waals surface area contributed by atoms with Gasteiger partial charge >= 0.3 is 0 Å². The molecule has 1 saturated heterocycles. The van der Waals surface area contributed by atoms with E-state index in [0.29, 0.717) is 11.1 Å². The van der Waals surface area contributed by atoms with Crippen LogP contribution in [0.3, 0.4) is 0 Å². The third-order valence-corrected chi connectivity index (χ3v) is 13.2. The second kappa shape index (κ2) is 31.4. The van der Waals surface area contributed by atoms with Gasteiger partial charge in [0.15, 0.2) is 11.9 Å². The smallest absolute Gasteiger partial charge is 0.243 e. The highest BCUT2D eigenvalue weighted by Crippen LogP contribution is 2.22. The summed E-state index contributed by atoms with van der Waals surface area (Å²) in [4.78, 5) is 128. The maximum Gasteiger partial charge on any atom is 0.243 e. The van der Waals surface area contributed by atoms with E-state index in [2.05, 4.69) is 58.2 Å². The quantitative estimate of drug-likeness (QED) is 0.0277. The zero-order valence-electron chi connectivity index (χ0n) is 44.7. The molecule has 0 saturated carbocycles. The lowest BCUT2D eigenvalue weighted by molar-refractivity contribution is -0.136. The van der Waals surface area contributed by atoms with Crippen LogP contribution in [-0.4, -0.2) is 139 Å². The van der Waals surface area contributed by atoms with Crippen LogP contribution in [-0.2, 0) is 56.0 Å². The fraction of sp³-hybridized carbons (Fsp3) is 0.426. The van der Waals surface area contributed by atoms with Crippen LogP contribution in [0, 0.1) is 10.8 Å². The highest BCUT2D eigenvalue weighted by molar-refractivity contribution is 5.98. The molecule has 5 rings (SSSR count). The fourth-order valence-corrected chi connectivity index (χ4v) is 9.00. The molecular weight excluding hydrogens is 1030 g/mol. The van der Waals surface area contributed by atoms with E-state index in [4.69, 9.17) is 33.8 Å². The van der Waals surface area contributed by atoms with Crippen LogP contribution >= 0.6 is 0 Å². The Morgan fingerprint density at radius 1 is 0.662 bits per heavy atom. The van der Waals surface area contributed by atoms with E-state index >= 15 is 0 Å². The molecule has 1 aliphatic heterocycles. The molecule has 430 valence electrons. The number of fused-ring (bicyclic) bond motifs is 1. The maximum atomic E-state index is 14.8. The first kappa shape index (κ1) is 61.8. The summed E-state index contributed by atoms with van der Waals surface area (Å²) in [6.45, 7) is 1.33. The Hall–Kier alpha value is -9.07. The van der Waals surface area contributed by atoms with Crippen LogP contribution in [0.25, 0.3) is 22.0 Å². The molecule has 1 fully saturated rings. The topological polar surface area (TPSA) is 441 Å². The Morgan fingerprint density at radius 2 is 1.24 bits per heavy atom. The zero-order chi connectivity index (χ0) is 58.1. The summed E-state index contributed by atoms with van der Waals surface area (Å²) < 4.78 is 0. The van der Waals surface area contributed by atoms with E-state index in [1.165, 1.54) is 6.92 Å². The van der Waals surface area contributed by atoms with Gasteiger partial charge in [-0.1, -0.05) is 72.8 Å². The van der Waals surface area contributed by atoms with Gasteiger partial charge in [-0.15, -0.1) is 0 Å². The number of benzene rings is 3. The zero-order valence-corrected chi connectivity index (χ0v) is 44.7. The number of carbonyl (C=O) groups is 9. The van der Waals surface area contributed by atoms with Gasteiger partial charge in [-0.05, 0) is 86.2 Å². The highest BCUT2D eigenvalue weighted by Gasteiger charge is 2.35. The summed E-state index contributed by atoms with van der Waals surface area (Å²) in [6.07, 6.45) is 1.10. The van der Waals surface area contributed by atoms with E-state index in [1.807, 2.05) is 66.7 Å². The van der Waals surface area contributed by atoms with E-state index in [9.17, 15) is 43.2 Å². The minimum Gasteiger partial charge on any atom is -0.370 e. The van der Waals surface area contributed by atoms with Crippen molar-refractivity contribution in [3.63, 3.8) is 0 Å². The van der Waals surface area contributed by atoms with Gasteiger partial charge in [-0.2, -0.15) is 0 Å². The first-order valence-corrected chi connectivity index (χ1v) is 26.5. The van der Waals surface area contributed by atoms with E-state index in [-0.39, 0.29) is 109 Å². The molecule has 7 atom stereocenters. The van der Waals surface area contributed by atoms with Crippen LogP contribution in [0.1, 0.15) is 75.8 Å². The molecule has 26 heteroatoms. The predicted molar refractivity (Wildman–Crippen MR) is 299 cm³/mol. The van der Waals surface area contributed by atoms with Gasteiger partial charge in [-0.3, -0.25) is 54.0 Å². The Labute approximate surface area is 463 Å². The largest absolute Gasteiger partial charge is 0.370 e. The van der Waals surface area contributed by atoms with Gasteiger partial charge in [0.2, 0.25) is 53.2 Å². The molecule has 0 spiro atoms. The number of para-hydroxylation sites is 1. The highest BCUT2D eigenvalue weighted by atomic mass is 16.2. The Morgan fingerprint density at radius 3 is 1.89 bits per heavy atom. The van der Waals surface area contributed by atoms with Crippen LogP contribution < -0.4 is 76.1 Å². The van der Waals surface area contributed by atoms with Gasteiger partial charge in [0.1, 0.15) is 42.3 Å². The molecule has 26 nitrogen and oxygen atoms in total. The van der Waals surface area contributed by atoms with E-state index < -0.39 is 95.5 Å². The maximum absolute atomic E-state index is 14.8. The van der Waals surface area contributed by atoms with Crippen molar-refractivity contribution in [2.45, 2.75) is 120 Å². The lowest BCUT2D eigenvalue weighted by Gasteiger charge is -2.28. The summed E-state index contributed by atoms with van der Waals surface area (Å²) >= 11 is 0. The molecule has 21 N–H and O–H groups in total. The van der Waals surface area contributed by atoms with Crippen molar-refractivity contribution in [3.8, 4) is 11.1 Å². The Balaban J connectivity index is 1.54. The third-order valence-electron chi connectivity index (χ3n) is 13.2. The molecule has 2 heterocycles. The number of primary amides is 1. The molecule has 0 unspecified atom stereocenters. The lowest BCUT2D eigenvalue weighted by Crippen LogP contribution is -2.60. The molecule has 4 aromatic rings. The number of rotatable bonds is 19. The summed E-state index contributed by atoms with van der Waals surface area (Å²) in [5.74, 6) is -7.68. The van der Waals surface area contributed by atoms with Gasteiger partial charge in [0.25, 0.3) is 0 Å². The minimum absolute atomic E-state index is 0.0208. The molecule has 0 bridgehead atoms. The number of carbonyl (C=O) groups excluding carboxylic acids is 9. The number of aromatic nitrogens is 1. The standard InChI is InChI=1S/C54H75N17O9/c1-31(72)65-39(15-8-26-62-53(57)58)47(75)68-41-21-22-45(73)61-25-7-14-38(46(56)74)66-52(80)44(29-35-30-64-37-13-6-5-12-36(35)37)71-48(76)40(16-9-27-63-54(59)60)67-51(79)43(70-50(78)42(23-24-55)69-49(41)77)28-32-17-19-34(20-18-32)33-10-3-2-4-11-33/h2-6,10-13,17-20,30,38-44,64H,7-9,14-16,21-29,55H2,1H3,(H2,56,74)(H,61,73)(H,65,72)(H,66,80)(H,67,79)(H,68,75)(H,69,77)(H,70,78)(H,71,76)(H4,57,58,62)(H4,59,60,63)/t38-,39-,40-,41-,42-,43+,44-/m0/s1. The number of guanidine groups is 2. The number of nitrogens with two attached hydrogens (primary N) is 4. The Kier molecular flexibility index (Phi) is 24.2. The summed E-state index contributed by atoms with van der Waals surface area (Å²) in [5.41, 5.74) is 26.5. The molecule has 0 radical (unpaired) electrons. The average Bonchev–Trinajstić information content (AvgIpc) is 3.86. The van der Waals surface area contributed by atoms with Gasteiger partial charge in [-0.25, -0.2) is 0 Å². The normalized spacial score (nSPS) is 20.5. The van der Waals surface area contributed by atoms with E-state index in [1.54, 1.807) is 18.3 Å². The Bertz CT molecular complexity index is 2810. The summed E-state index contributed by atoms with van der Waals surface area (Å²) in [5, 5.41) is 42.6. The van der Waals surface area contributed by atoms with Crippen molar-refractivity contribution in [1.29, 1.82) is 10.8 Å². The van der Waals surface area contributed by atoms with Crippen molar-refractivity contribution in [1.82, 2.24) is 58.2 Å². The van der Waals surface area contributed by atoms with Crippen LogP contribution in [0.15, 0.2) is 85.1 Å². The number of aromatic amines is 1. The average molecular weight is 1110 g/mol. The molecule has 3 aromatic carbocycles. The third kappa shape index (κ3) is 20.1. The molecule has 0 aliphatic carbocycles. The number of nitrogens with one attached hydrogen (secondary N) is 13. The van der Waals surface area contributed by atoms with Crippen molar-refractivity contribution < 1.29 is 43.2 Å². The van der Waals surface area contributed by atoms with Gasteiger partial charge < -0.3 is 81.1 Å². The van der Waals surface area contributed by atoms with Crippen molar-refractivity contribution in [2.24, 2.45) is 22.9 Å². The summed E-state index contributed by atoms with van der Waals surface area (Å²) in [7, 11) is 0. The molecular formula is C54H75N17O9. The number of hydrogen-bond donors (Lipinski definition) is 17. The second-order valence-corrected chi connectivity index (χ2v) is 19.4.